The number of halogens is 1. The van der Waals surface area contributed by atoms with Crippen molar-refractivity contribution >= 4 is 23.4 Å². The quantitative estimate of drug-likeness (QED) is 0.861. The number of hydrazone groups is 1. The summed E-state index contributed by atoms with van der Waals surface area (Å²) in [5.74, 6) is -0.813. The van der Waals surface area contributed by atoms with Crippen molar-refractivity contribution in [1.82, 2.24) is 15.2 Å². The van der Waals surface area contributed by atoms with Crippen molar-refractivity contribution in [3.05, 3.63) is 35.6 Å². The van der Waals surface area contributed by atoms with E-state index in [2.05, 4.69) is 10.5 Å². The van der Waals surface area contributed by atoms with Gasteiger partial charge in [-0.3, -0.25) is 14.4 Å². The van der Waals surface area contributed by atoms with Gasteiger partial charge in [-0.05, 0) is 24.1 Å². The van der Waals surface area contributed by atoms with Crippen LogP contribution in [0.2, 0.25) is 0 Å². The lowest BCUT2D eigenvalue weighted by Gasteiger charge is -2.23. The Balaban J connectivity index is 1.56. The number of hydrogen-bond acceptors (Lipinski definition) is 4. The number of carbonyl (C=O) groups excluding carboxylic acids is 3. The second kappa shape index (κ2) is 8.07. The monoisotopic (exact) mass is 360 g/mol. The summed E-state index contributed by atoms with van der Waals surface area (Å²) in [7, 11) is 0. The van der Waals surface area contributed by atoms with E-state index in [0.29, 0.717) is 50.3 Å². The zero-order valence-corrected chi connectivity index (χ0v) is 14.4. The van der Waals surface area contributed by atoms with Gasteiger partial charge in [0.2, 0.25) is 11.8 Å². The van der Waals surface area contributed by atoms with Crippen LogP contribution < -0.4 is 5.43 Å². The lowest BCUT2D eigenvalue weighted by molar-refractivity contribution is -0.131. The highest BCUT2D eigenvalue weighted by atomic mass is 19.1. The average Bonchev–Trinajstić information content (AvgIpc) is 2.88. The number of nitrogens with zero attached hydrogens (tertiary/aromatic N) is 3. The zero-order chi connectivity index (χ0) is 18.5. The summed E-state index contributed by atoms with van der Waals surface area (Å²) in [4.78, 5) is 39.5. The molecule has 138 valence electrons. The number of carbonyl (C=O) groups is 3. The molecule has 1 aromatic rings. The van der Waals surface area contributed by atoms with E-state index in [1.807, 2.05) is 0 Å². The first-order valence-corrected chi connectivity index (χ1v) is 8.70. The van der Waals surface area contributed by atoms with Crippen LogP contribution in [0.15, 0.2) is 29.4 Å². The highest BCUT2D eigenvalue weighted by molar-refractivity contribution is 6.39. The molecule has 0 aromatic heterocycles. The Kier molecular flexibility index (Phi) is 5.60. The van der Waals surface area contributed by atoms with Crippen LogP contribution in [0, 0.1) is 5.82 Å². The van der Waals surface area contributed by atoms with E-state index in [1.54, 1.807) is 21.9 Å². The van der Waals surface area contributed by atoms with Gasteiger partial charge in [0.15, 0.2) is 0 Å². The Morgan fingerprint density at radius 1 is 1.12 bits per heavy atom. The van der Waals surface area contributed by atoms with Crippen molar-refractivity contribution in [2.75, 3.05) is 26.2 Å². The Labute approximate surface area is 150 Å². The van der Waals surface area contributed by atoms with Crippen molar-refractivity contribution in [2.24, 2.45) is 5.10 Å². The van der Waals surface area contributed by atoms with Crippen LogP contribution in [0.4, 0.5) is 4.39 Å². The lowest BCUT2D eigenvalue weighted by Crippen LogP contribution is -2.42. The number of amides is 3. The first kappa shape index (κ1) is 18.0. The number of benzene rings is 1. The predicted octanol–water partition coefficient (Wildman–Crippen LogP) is 0.695. The molecule has 3 rings (SSSR count). The molecule has 0 saturated carbocycles. The molecule has 3 amide bonds. The second-order valence-corrected chi connectivity index (χ2v) is 6.43. The van der Waals surface area contributed by atoms with Gasteiger partial charge >= 0.3 is 0 Å². The van der Waals surface area contributed by atoms with Crippen LogP contribution in [0.1, 0.15) is 24.8 Å². The third-order valence-corrected chi connectivity index (χ3v) is 4.53. The fourth-order valence-electron chi connectivity index (χ4n) is 3.11. The molecule has 2 aliphatic rings. The molecule has 0 spiro atoms. The third kappa shape index (κ3) is 4.44. The first-order valence-electron chi connectivity index (χ1n) is 8.70. The normalized spacial score (nSPS) is 18.0. The standard InChI is InChI=1S/C18H21FN4O3/c19-14-4-1-3-13(11-14)12-17(25)22-7-2-8-23(10-9-22)18(26)15-5-6-16(24)21-20-15/h1,3-4,11H,2,5-10,12H2,(H,21,24). The van der Waals surface area contributed by atoms with E-state index in [0.717, 1.165) is 0 Å². The Morgan fingerprint density at radius 3 is 2.62 bits per heavy atom. The number of hydrogen-bond donors (Lipinski definition) is 1. The minimum Gasteiger partial charge on any atom is -0.341 e. The van der Waals surface area contributed by atoms with Gasteiger partial charge in [-0.25, -0.2) is 9.82 Å². The van der Waals surface area contributed by atoms with Crippen molar-refractivity contribution < 1.29 is 18.8 Å². The summed E-state index contributed by atoms with van der Waals surface area (Å²) < 4.78 is 13.3. The highest BCUT2D eigenvalue weighted by Gasteiger charge is 2.26. The molecule has 1 aromatic carbocycles. The van der Waals surface area contributed by atoms with Crippen LogP contribution >= 0.6 is 0 Å². The maximum absolute atomic E-state index is 13.3. The van der Waals surface area contributed by atoms with Gasteiger partial charge < -0.3 is 9.80 Å². The summed E-state index contributed by atoms with van der Waals surface area (Å²) in [6, 6.07) is 6.02. The van der Waals surface area contributed by atoms with Crippen molar-refractivity contribution in [3.8, 4) is 0 Å². The average molecular weight is 360 g/mol. The fourth-order valence-corrected chi connectivity index (χ4v) is 3.11. The number of nitrogens with one attached hydrogen (secondary N) is 1. The fraction of sp³-hybridized carbons (Fsp3) is 0.444. The molecule has 2 aliphatic heterocycles. The maximum atomic E-state index is 13.3. The maximum Gasteiger partial charge on any atom is 0.270 e. The molecule has 0 atom stereocenters. The van der Waals surface area contributed by atoms with Crippen LogP contribution in [-0.2, 0) is 20.8 Å². The zero-order valence-electron chi connectivity index (χ0n) is 14.4. The van der Waals surface area contributed by atoms with Gasteiger partial charge in [0.1, 0.15) is 11.5 Å². The summed E-state index contributed by atoms with van der Waals surface area (Å²) >= 11 is 0. The van der Waals surface area contributed by atoms with E-state index in [9.17, 15) is 18.8 Å². The molecule has 26 heavy (non-hydrogen) atoms. The molecule has 2 heterocycles. The van der Waals surface area contributed by atoms with Crippen LogP contribution in [0.3, 0.4) is 0 Å². The summed E-state index contributed by atoms with van der Waals surface area (Å²) in [5.41, 5.74) is 3.32. The van der Waals surface area contributed by atoms with Gasteiger partial charge in [0.25, 0.3) is 5.91 Å². The van der Waals surface area contributed by atoms with Crippen molar-refractivity contribution in [3.63, 3.8) is 0 Å². The molecule has 1 fully saturated rings. The van der Waals surface area contributed by atoms with Crippen LogP contribution in [0.5, 0.6) is 0 Å². The van der Waals surface area contributed by atoms with E-state index in [-0.39, 0.29) is 36.4 Å². The van der Waals surface area contributed by atoms with Gasteiger partial charge in [-0.1, -0.05) is 12.1 Å². The Morgan fingerprint density at radius 2 is 1.88 bits per heavy atom. The summed E-state index contributed by atoms with van der Waals surface area (Å²) in [6.07, 6.45) is 1.41. The largest absolute Gasteiger partial charge is 0.341 e. The molecule has 0 unspecified atom stereocenters. The second-order valence-electron chi connectivity index (χ2n) is 6.43. The summed E-state index contributed by atoms with van der Waals surface area (Å²) in [6.45, 7) is 1.94. The molecule has 0 aliphatic carbocycles. The minimum atomic E-state index is -0.358. The molecule has 7 nitrogen and oxygen atoms in total. The molecule has 0 bridgehead atoms. The molecule has 1 N–H and O–H groups in total. The smallest absolute Gasteiger partial charge is 0.270 e. The molecule has 8 heteroatoms. The van der Waals surface area contributed by atoms with E-state index in [4.69, 9.17) is 0 Å². The van der Waals surface area contributed by atoms with Crippen molar-refractivity contribution in [2.45, 2.75) is 25.7 Å². The summed E-state index contributed by atoms with van der Waals surface area (Å²) in [5, 5.41) is 3.84. The topological polar surface area (TPSA) is 82.1 Å². The Hall–Kier alpha value is -2.77. The van der Waals surface area contributed by atoms with Gasteiger partial charge in [0.05, 0.1) is 6.42 Å². The van der Waals surface area contributed by atoms with E-state index >= 15 is 0 Å². The lowest BCUT2D eigenvalue weighted by atomic mass is 10.1. The number of rotatable bonds is 3. The molecule has 1 saturated heterocycles. The van der Waals surface area contributed by atoms with Gasteiger partial charge in [-0.2, -0.15) is 5.10 Å². The molecular formula is C18H21FN4O3. The van der Waals surface area contributed by atoms with E-state index < -0.39 is 0 Å². The third-order valence-electron chi connectivity index (χ3n) is 4.53. The highest BCUT2D eigenvalue weighted by Crippen LogP contribution is 2.11. The SMILES string of the molecule is O=C1CCC(C(=O)N2CCCN(C(=O)Cc3cccc(F)c3)CC2)=NN1. The molecule has 0 radical (unpaired) electrons. The first-order chi connectivity index (χ1) is 12.5. The molecular weight excluding hydrogens is 339 g/mol. The minimum absolute atomic E-state index is 0.0767. The van der Waals surface area contributed by atoms with Crippen molar-refractivity contribution in [1.29, 1.82) is 0 Å². The predicted molar refractivity (Wildman–Crippen MR) is 92.7 cm³/mol. The van der Waals surface area contributed by atoms with Gasteiger partial charge in [0, 0.05) is 39.0 Å². The Bertz CT molecular complexity index is 750. The van der Waals surface area contributed by atoms with E-state index in [1.165, 1.54) is 12.1 Å². The van der Waals surface area contributed by atoms with Crippen LogP contribution in [-0.4, -0.2) is 59.4 Å². The van der Waals surface area contributed by atoms with Gasteiger partial charge in [-0.15, -0.1) is 0 Å². The van der Waals surface area contributed by atoms with Crippen LogP contribution in [0.25, 0.3) is 0 Å².